The number of unbranched alkanes of at least 4 members (excludes halogenated alkanes) is 17. The number of carboxylic acid groups (broad SMARTS) is 1. The lowest BCUT2D eigenvalue weighted by atomic mass is 10.1. The Morgan fingerprint density at radius 3 is 1.57 bits per heavy atom. The van der Waals surface area contributed by atoms with E-state index in [9.17, 15) is 19.0 Å². The number of nitrogens with two attached hydrogens (primary N) is 1. The van der Waals surface area contributed by atoms with Crippen molar-refractivity contribution in [3.63, 3.8) is 0 Å². The van der Waals surface area contributed by atoms with Gasteiger partial charge in [-0.25, -0.2) is 4.57 Å². The van der Waals surface area contributed by atoms with Crippen LogP contribution in [0.1, 0.15) is 174 Å². The summed E-state index contributed by atoms with van der Waals surface area (Å²) >= 11 is 0. The van der Waals surface area contributed by atoms with E-state index in [1.54, 1.807) is 0 Å². The monoisotopic (exact) mass is 810 g/mol. The van der Waals surface area contributed by atoms with Gasteiger partial charge in [0.1, 0.15) is 12.1 Å². The molecule has 0 aliphatic heterocycles. The number of carboxylic acids is 1. The molecule has 3 atom stereocenters. The summed E-state index contributed by atoms with van der Waals surface area (Å²) in [6.07, 6.45) is 48.5. The summed E-state index contributed by atoms with van der Waals surface area (Å²) in [5, 5.41) is 8.89. The minimum Gasteiger partial charge on any atom is -0.480 e. The molecule has 10 nitrogen and oxygen atoms in total. The predicted octanol–water partition coefficient (Wildman–Crippen LogP) is 12.0. The molecule has 0 aliphatic rings. The summed E-state index contributed by atoms with van der Waals surface area (Å²) in [5.74, 6) is -1.79. The molecule has 11 heteroatoms. The van der Waals surface area contributed by atoms with Crippen molar-refractivity contribution < 1.29 is 42.7 Å². The molecule has 0 heterocycles. The molecule has 324 valence electrons. The lowest BCUT2D eigenvalue weighted by Gasteiger charge is -2.20. The number of ether oxygens (including phenoxy) is 2. The molecule has 0 bridgehead atoms. The third-order valence-electron chi connectivity index (χ3n) is 9.03. The number of hydrogen-bond acceptors (Lipinski definition) is 8. The van der Waals surface area contributed by atoms with Crippen molar-refractivity contribution >= 4 is 19.8 Å². The Morgan fingerprint density at radius 1 is 0.589 bits per heavy atom. The highest BCUT2D eigenvalue weighted by molar-refractivity contribution is 7.47. The first-order valence-corrected chi connectivity index (χ1v) is 23.3. The minimum absolute atomic E-state index is 0.00720. The fourth-order valence-corrected chi connectivity index (χ4v) is 6.43. The number of aliphatic carboxylic acids is 1. The van der Waals surface area contributed by atoms with E-state index in [2.05, 4.69) is 74.6 Å². The van der Waals surface area contributed by atoms with Crippen LogP contribution in [0.5, 0.6) is 0 Å². The van der Waals surface area contributed by atoms with Gasteiger partial charge in [-0.15, -0.1) is 0 Å². The van der Waals surface area contributed by atoms with Gasteiger partial charge in [-0.1, -0.05) is 152 Å². The van der Waals surface area contributed by atoms with Gasteiger partial charge >= 0.3 is 19.8 Å². The van der Waals surface area contributed by atoms with Crippen molar-refractivity contribution in [2.45, 2.75) is 187 Å². The molecule has 0 aromatic carbocycles. The average molecular weight is 810 g/mol. The molecule has 0 rings (SSSR count). The fourth-order valence-electron chi connectivity index (χ4n) is 5.65. The first-order valence-electron chi connectivity index (χ1n) is 21.8. The van der Waals surface area contributed by atoms with Gasteiger partial charge in [-0.2, -0.15) is 0 Å². The van der Waals surface area contributed by atoms with Gasteiger partial charge in [0.25, 0.3) is 0 Å². The second-order valence-electron chi connectivity index (χ2n) is 14.4. The number of carbonyl (C=O) groups excluding carboxylic acids is 1. The molecular weight excluding hydrogens is 729 g/mol. The van der Waals surface area contributed by atoms with Gasteiger partial charge < -0.3 is 25.2 Å². The van der Waals surface area contributed by atoms with Gasteiger partial charge in [-0.05, 0) is 77.0 Å². The number of esters is 1. The molecule has 0 amide bonds. The molecular formula is C45H80NO9P. The van der Waals surface area contributed by atoms with Crippen LogP contribution >= 0.6 is 7.82 Å². The van der Waals surface area contributed by atoms with Crippen molar-refractivity contribution in [1.29, 1.82) is 0 Å². The molecule has 0 saturated heterocycles. The van der Waals surface area contributed by atoms with Crippen molar-refractivity contribution in [2.24, 2.45) is 5.73 Å². The smallest absolute Gasteiger partial charge is 0.472 e. The number of carbonyl (C=O) groups is 2. The second kappa shape index (κ2) is 40.9. The normalized spacial score (nSPS) is 14.5. The lowest BCUT2D eigenvalue weighted by Crippen LogP contribution is -2.34. The van der Waals surface area contributed by atoms with E-state index in [1.165, 1.54) is 57.8 Å². The number of allylic oxidation sites excluding steroid dienone is 10. The van der Waals surface area contributed by atoms with Crippen molar-refractivity contribution in [3.8, 4) is 0 Å². The maximum atomic E-state index is 12.6. The Hall–Kier alpha value is -2.33. The molecule has 0 aromatic heterocycles. The molecule has 0 spiro atoms. The quantitative estimate of drug-likeness (QED) is 0.0235. The van der Waals surface area contributed by atoms with E-state index >= 15 is 0 Å². The van der Waals surface area contributed by atoms with Gasteiger partial charge in [0.05, 0.1) is 19.8 Å². The molecule has 0 radical (unpaired) electrons. The minimum atomic E-state index is -4.62. The molecule has 0 aromatic rings. The standard InChI is InChI=1S/C45H80NO9P/c1-3-5-7-9-11-13-15-17-18-19-20-21-22-23-24-25-26-28-30-32-34-36-38-52-39-42(40-53-56(50,51)54-41-43(46)45(48)49)55-44(47)37-35-33-31-29-27-16-14-12-10-8-6-4-2/h5,7,11-14,17-18,20-21,42-43H,3-4,6,8-10,15-16,19,22-41,46H2,1-2H3,(H,48,49)(H,50,51)/b7-5-,13-11-,14-12-,18-17-,21-20-. The van der Waals surface area contributed by atoms with Crippen molar-refractivity contribution in [1.82, 2.24) is 0 Å². The van der Waals surface area contributed by atoms with Crippen LogP contribution in [0.25, 0.3) is 0 Å². The first kappa shape index (κ1) is 53.7. The van der Waals surface area contributed by atoms with E-state index in [4.69, 9.17) is 29.4 Å². The zero-order chi connectivity index (χ0) is 41.2. The lowest BCUT2D eigenvalue weighted by molar-refractivity contribution is -0.154. The average Bonchev–Trinajstić information content (AvgIpc) is 3.18. The number of rotatable bonds is 41. The number of phosphoric ester groups is 1. The Morgan fingerprint density at radius 2 is 1.04 bits per heavy atom. The Bertz CT molecular complexity index is 1120. The van der Waals surface area contributed by atoms with E-state index < -0.39 is 45.1 Å². The van der Waals surface area contributed by atoms with Crippen LogP contribution in [-0.4, -0.2) is 60.5 Å². The van der Waals surface area contributed by atoms with Crippen LogP contribution in [0.15, 0.2) is 60.8 Å². The van der Waals surface area contributed by atoms with Crippen LogP contribution in [0.4, 0.5) is 0 Å². The maximum Gasteiger partial charge on any atom is 0.472 e. The summed E-state index contributed by atoms with van der Waals surface area (Å²) < 4.78 is 33.3. The Kier molecular flexibility index (Phi) is 39.2. The van der Waals surface area contributed by atoms with Gasteiger partial charge in [0, 0.05) is 13.0 Å². The topological polar surface area (TPSA) is 155 Å². The summed E-state index contributed by atoms with van der Waals surface area (Å²) in [4.78, 5) is 33.5. The van der Waals surface area contributed by atoms with Crippen molar-refractivity contribution in [2.75, 3.05) is 26.4 Å². The number of hydrogen-bond donors (Lipinski definition) is 3. The fraction of sp³-hybridized carbons (Fsp3) is 0.733. The van der Waals surface area contributed by atoms with Crippen LogP contribution in [0.2, 0.25) is 0 Å². The summed E-state index contributed by atoms with van der Waals surface area (Å²) in [6, 6.07) is -1.48. The highest BCUT2D eigenvalue weighted by Gasteiger charge is 2.27. The van der Waals surface area contributed by atoms with Crippen LogP contribution in [0.3, 0.4) is 0 Å². The van der Waals surface area contributed by atoms with Crippen LogP contribution in [-0.2, 0) is 32.7 Å². The summed E-state index contributed by atoms with van der Waals surface area (Å²) in [5.41, 5.74) is 5.35. The van der Waals surface area contributed by atoms with Gasteiger partial charge in [-0.3, -0.25) is 18.6 Å². The zero-order valence-corrected chi connectivity index (χ0v) is 36.1. The molecule has 4 N–H and O–H groups in total. The van der Waals surface area contributed by atoms with Crippen LogP contribution in [0, 0.1) is 0 Å². The third kappa shape index (κ3) is 39.9. The SMILES string of the molecule is CC/C=C\C/C=C\C/C=C\C/C=C\CCCCCCCCCCCOCC(COP(=O)(O)OCC(N)C(=O)O)OC(=O)CCCCCCC/C=C\CCCCC. The van der Waals surface area contributed by atoms with Crippen molar-refractivity contribution in [3.05, 3.63) is 60.8 Å². The third-order valence-corrected chi connectivity index (χ3v) is 9.98. The molecule has 56 heavy (non-hydrogen) atoms. The van der Waals surface area contributed by atoms with Gasteiger partial charge in [0.2, 0.25) is 0 Å². The zero-order valence-electron chi connectivity index (χ0n) is 35.2. The van der Waals surface area contributed by atoms with E-state index in [1.807, 2.05) is 0 Å². The Labute approximate surface area is 341 Å². The van der Waals surface area contributed by atoms with E-state index in [0.29, 0.717) is 13.0 Å². The van der Waals surface area contributed by atoms with E-state index in [-0.39, 0.29) is 13.0 Å². The predicted molar refractivity (Wildman–Crippen MR) is 231 cm³/mol. The maximum absolute atomic E-state index is 12.6. The summed E-state index contributed by atoms with van der Waals surface area (Å²) in [6.45, 7) is 3.71. The highest BCUT2D eigenvalue weighted by atomic mass is 31.2. The largest absolute Gasteiger partial charge is 0.480 e. The van der Waals surface area contributed by atoms with Crippen LogP contribution < -0.4 is 5.73 Å². The molecule has 0 saturated carbocycles. The first-order chi connectivity index (χ1) is 27.2. The molecule has 0 fully saturated rings. The van der Waals surface area contributed by atoms with E-state index in [0.717, 1.165) is 89.9 Å². The summed E-state index contributed by atoms with van der Waals surface area (Å²) in [7, 11) is -4.62. The Balaban J connectivity index is 4.20. The van der Waals surface area contributed by atoms with Gasteiger partial charge in [0.15, 0.2) is 0 Å². The molecule has 0 aliphatic carbocycles. The number of phosphoric acid groups is 1. The highest BCUT2D eigenvalue weighted by Crippen LogP contribution is 2.43. The second-order valence-corrected chi connectivity index (χ2v) is 15.9. The molecule has 3 unspecified atom stereocenters.